The van der Waals surface area contributed by atoms with Crippen molar-refractivity contribution in [2.75, 3.05) is 11.2 Å². The Bertz CT molecular complexity index is 932. The fraction of sp³-hybridized carbons (Fsp3) is 0.364. The fourth-order valence-electron chi connectivity index (χ4n) is 4.19. The van der Waals surface area contributed by atoms with E-state index in [0.717, 1.165) is 55.1 Å². The lowest BCUT2D eigenvalue weighted by Gasteiger charge is -2.42. The van der Waals surface area contributed by atoms with Gasteiger partial charge in [0.25, 0.3) is 0 Å². The van der Waals surface area contributed by atoms with Gasteiger partial charge in [0.2, 0.25) is 0 Å². The SMILES string of the molecule is CSC1=NC(=Nc2cccc(C(F)(F)F)c2)C2(CCCCC2)N1c1ccccc1. The third-order valence-corrected chi connectivity index (χ3v) is 6.16. The van der Waals surface area contributed by atoms with Crippen molar-refractivity contribution in [3.05, 3.63) is 60.2 Å². The Morgan fingerprint density at radius 1 is 1.00 bits per heavy atom. The Balaban J connectivity index is 1.82. The highest BCUT2D eigenvalue weighted by molar-refractivity contribution is 8.13. The molecule has 0 saturated heterocycles. The van der Waals surface area contributed by atoms with Gasteiger partial charge in [-0.2, -0.15) is 13.2 Å². The number of halogens is 3. The van der Waals surface area contributed by atoms with Gasteiger partial charge in [0, 0.05) is 5.69 Å². The summed E-state index contributed by atoms with van der Waals surface area (Å²) in [5, 5.41) is 0.837. The molecule has 1 aliphatic carbocycles. The molecule has 0 N–H and O–H groups in total. The van der Waals surface area contributed by atoms with E-state index < -0.39 is 17.3 Å². The molecule has 2 aromatic carbocycles. The van der Waals surface area contributed by atoms with E-state index in [4.69, 9.17) is 4.99 Å². The molecule has 0 unspecified atom stereocenters. The Kier molecular flexibility index (Phi) is 5.42. The lowest BCUT2D eigenvalue weighted by Crippen LogP contribution is -2.52. The molecule has 152 valence electrons. The minimum atomic E-state index is -4.39. The minimum Gasteiger partial charge on any atom is -0.307 e. The average molecular weight is 418 g/mol. The van der Waals surface area contributed by atoms with Crippen molar-refractivity contribution >= 4 is 34.1 Å². The Morgan fingerprint density at radius 3 is 2.38 bits per heavy atom. The zero-order chi connectivity index (χ0) is 20.5. The van der Waals surface area contributed by atoms with Crippen molar-refractivity contribution in [3.63, 3.8) is 0 Å². The number of anilines is 1. The van der Waals surface area contributed by atoms with E-state index in [1.165, 1.54) is 17.8 Å². The maximum absolute atomic E-state index is 13.1. The summed E-state index contributed by atoms with van der Waals surface area (Å²) in [6.45, 7) is 0. The molecule has 0 bridgehead atoms. The second-order valence-corrected chi connectivity index (χ2v) is 8.12. The molecule has 0 aromatic heterocycles. The van der Waals surface area contributed by atoms with Crippen molar-refractivity contribution in [1.82, 2.24) is 0 Å². The number of nitrogens with zero attached hydrogens (tertiary/aromatic N) is 3. The molecule has 0 radical (unpaired) electrons. The second kappa shape index (κ2) is 7.86. The van der Waals surface area contributed by atoms with Crippen LogP contribution >= 0.6 is 11.8 Å². The van der Waals surface area contributed by atoms with Crippen LogP contribution in [0.5, 0.6) is 0 Å². The first-order valence-electron chi connectivity index (χ1n) is 9.68. The van der Waals surface area contributed by atoms with Crippen molar-refractivity contribution in [1.29, 1.82) is 0 Å². The number of para-hydroxylation sites is 1. The predicted octanol–water partition coefficient (Wildman–Crippen LogP) is 6.68. The number of benzene rings is 2. The van der Waals surface area contributed by atoms with Crippen molar-refractivity contribution in [2.24, 2.45) is 9.98 Å². The van der Waals surface area contributed by atoms with E-state index in [1.54, 1.807) is 6.07 Å². The Labute approximate surface area is 172 Å². The largest absolute Gasteiger partial charge is 0.416 e. The van der Waals surface area contributed by atoms with Crippen LogP contribution in [0, 0.1) is 0 Å². The number of rotatable bonds is 2. The van der Waals surface area contributed by atoms with Crippen LogP contribution < -0.4 is 4.90 Å². The van der Waals surface area contributed by atoms with Gasteiger partial charge in [-0.3, -0.25) is 0 Å². The summed E-state index contributed by atoms with van der Waals surface area (Å²) in [7, 11) is 0. The number of amidine groups is 2. The third kappa shape index (κ3) is 3.80. The van der Waals surface area contributed by atoms with Crippen molar-refractivity contribution in [2.45, 2.75) is 43.8 Å². The van der Waals surface area contributed by atoms with Gasteiger partial charge < -0.3 is 4.90 Å². The molecular weight excluding hydrogens is 395 g/mol. The third-order valence-electron chi connectivity index (χ3n) is 5.52. The number of thioether (sulfide) groups is 1. The van der Waals surface area contributed by atoms with Crippen LogP contribution in [0.15, 0.2) is 64.6 Å². The van der Waals surface area contributed by atoms with E-state index in [0.29, 0.717) is 11.5 Å². The molecule has 1 saturated carbocycles. The van der Waals surface area contributed by atoms with Crippen LogP contribution in [0.25, 0.3) is 0 Å². The number of aliphatic imine (C=N–C) groups is 2. The van der Waals surface area contributed by atoms with Gasteiger partial charge in [-0.1, -0.05) is 55.3 Å². The first kappa shape index (κ1) is 20.0. The fourth-order valence-corrected chi connectivity index (χ4v) is 4.83. The van der Waals surface area contributed by atoms with Crippen LogP contribution in [0.4, 0.5) is 24.5 Å². The summed E-state index contributed by atoms with van der Waals surface area (Å²) in [5.74, 6) is 0.615. The van der Waals surface area contributed by atoms with E-state index >= 15 is 0 Å². The lowest BCUT2D eigenvalue weighted by molar-refractivity contribution is -0.137. The van der Waals surface area contributed by atoms with Crippen LogP contribution in [-0.4, -0.2) is 22.8 Å². The molecule has 0 atom stereocenters. The van der Waals surface area contributed by atoms with Crippen molar-refractivity contribution in [3.8, 4) is 0 Å². The first-order valence-corrected chi connectivity index (χ1v) is 10.9. The topological polar surface area (TPSA) is 28.0 Å². The maximum atomic E-state index is 13.1. The highest BCUT2D eigenvalue weighted by Gasteiger charge is 2.49. The molecule has 4 rings (SSSR count). The average Bonchev–Trinajstić information content (AvgIpc) is 3.01. The Hall–Kier alpha value is -2.28. The Morgan fingerprint density at radius 2 is 1.72 bits per heavy atom. The minimum absolute atomic E-state index is 0.291. The zero-order valence-electron chi connectivity index (χ0n) is 16.1. The van der Waals surface area contributed by atoms with Gasteiger partial charge in [-0.25, -0.2) is 9.98 Å². The summed E-state index contributed by atoms with van der Waals surface area (Å²) >= 11 is 1.54. The molecule has 29 heavy (non-hydrogen) atoms. The van der Waals surface area contributed by atoms with Crippen LogP contribution in [0.3, 0.4) is 0 Å². The van der Waals surface area contributed by atoms with Crippen molar-refractivity contribution < 1.29 is 13.2 Å². The van der Waals surface area contributed by atoms with Crippen LogP contribution in [0.1, 0.15) is 37.7 Å². The maximum Gasteiger partial charge on any atom is 0.416 e. The van der Waals surface area contributed by atoms with Gasteiger partial charge in [0.15, 0.2) is 11.0 Å². The monoisotopic (exact) mass is 417 g/mol. The normalized spacial score (nSPS) is 20.3. The summed E-state index contributed by atoms with van der Waals surface area (Å²) in [5.41, 5.74) is 0.228. The predicted molar refractivity (Wildman–Crippen MR) is 114 cm³/mol. The summed E-state index contributed by atoms with van der Waals surface area (Å²) < 4.78 is 39.4. The number of hydrogen-bond acceptors (Lipinski definition) is 3. The van der Waals surface area contributed by atoms with Gasteiger partial charge in [-0.05, 0) is 49.4 Å². The summed E-state index contributed by atoms with van der Waals surface area (Å²) in [4.78, 5) is 11.7. The zero-order valence-corrected chi connectivity index (χ0v) is 16.9. The first-order chi connectivity index (χ1) is 13.9. The summed E-state index contributed by atoms with van der Waals surface area (Å²) in [6.07, 6.45) is 2.58. The number of alkyl halides is 3. The van der Waals surface area contributed by atoms with Gasteiger partial charge in [0.1, 0.15) is 5.54 Å². The van der Waals surface area contributed by atoms with Gasteiger partial charge in [-0.15, -0.1) is 0 Å². The highest BCUT2D eigenvalue weighted by atomic mass is 32.2. The molecule has 1 heterocycles. The molecule has 2 aromatic rings. The smallest absolute Gasteiger partial charge is 0.307 e. The highest BCUT2D eigenvalue weighted by Crippen LogP contribution is 2.44. The lowest BCUT2D eigenvalue weighted by atomic mass is 9.79. The summed E-state index contributed by atoms with van der Waals surface area (Å²) in [6, 6.07) is 15.2. The van der Waals surface area contributed by atoms with Crippen LogP contribution in [-0.2, 0) is 6.18 Å². The molecule has 2 aliphatic rings. The second-order valence-electron chi connectivity index (χ2n) is 7.35. The molecule has 3 nitrogen and oxygen atoms in total. The quantitative estimate of drug-likeness (QED) is 0.545. The van der Waals surface area contributed by atoms with Gasteiger partial charge >= 0.3 is 6.18 Å². The van der Waals surface area contributed by atoms with E-state index in [-0.39, 0.29) is 0 Å². The molecule has 0 amide bonds. The standard InChI is InChI=1S/C22H22F3N3S/c1-29-20-27-19(26-17-10-8-9-16(15-17)22(23,24)25)21(13-6-3-7-14-21)28(20)18-11-4-2-5-12-18/h2,4-5,8-12,15H,3,6-7,13-14H2,1H3. The van der Waals surface area contributed by atoms with Crippen LogP contribution in [0.2, 0.25) is 0 Å². The van der Waals surface area contributed by atoms with E-state index in [1.807, 2.05) is 24.5 Å². The molecule has 1 spiro atoms. The number of hydrogen-bond donors (Lipinski definition) is 0. The molecular formula is C22H22F3N3S. The molecule has 7 heteroatoms. The molecule has 1 aliphatic heterocycles. The van der Waals surface area contributed by atoms with E-state index in [2.05, 4.69) is 22.0 Å². The molecule has 1 fully saturated rings. The van der Waals surface area contributed by atoms with E-state index in [9.17, 15) is 13.2 Å². The van der Waals surface area contributed by atoms with Gasteiger partial charge in [0.05, 0.1) is 11.3 Å².